The van der Waals surface area contributed by atoms with Gasteiger partial charge < -0.3 is 10.1 Å². The highest BCUT2D eigenvalue weighted by Crippen LogP contribution is 2.23. The van der Waals surface area contributed by atoms with Gasteiger partial charge in [0.05, 0.1) is 18.5 Å². The highest BCUT2D eigenvalue weighted by molar-refractivity contribution is 6.30. The van der Waals surface area contributed by atoms with Crippen LogP contribution in [-0.4, -0.2) is 12.5 Å². The van der Waals surface area contributed by atoms with Crippen molar-refractivity contribution in [2.75, 3.05) is 6.61 Å². The molecular weight excluding hydrogens is 372 g/mol. The molecule has 0 fully saturated rings. The van der Waals surface area contributed by atoms with Gasteiger partial charge in [-0.2, -0.15) is 5.26 Å². The monoisotopic (exact) mass is 390 g/mol. The highest BCUT2D eigenvalue weighted by atomic mass is 35.5. The molecule has 5 heteroatoms. The summed E-state index contributed by atoms with van der Waals surface area (Å²) in [5, 5.41) is 12.4. The van der Waals surface area contributed by atoms with Gasteiger partial charge in [0.25, 0.3) is 5.91 Å². The molecule has 1 unspecified atom stereocenters. The minimum absolute atomic E-state index is 0.103. The van der Waals surface area contributed by atoms with Crippen LogP contribution in [0.2, 0.25) is 5.02 Å². The van der Waals surface area contributed by atoms with E-state index in [-0.39, 0.29) is 18.6 Å². The molecule has 0 aliphatic rings. The summed E-state index contributed by atoms with van der Waals surface area (Å²) in [6.45, 7) is -0.103. The fraction of sp³-hybridized carbons (Fsp3) is 0.130. The van der Waals surface area contributed by atoms with E-state index in [1.807, 2.05) is 54.6 Å². The Morgan fingerprint density at radius 3 is 2.25 bits per heavy atom. The maximum atomic E-state index is 12.5. The van der Waals surface area contributed by atoms with Crippen LogP contribution >= 0.6 is 11.6 Å². The van der Waals surface area contributed by atoms with E-state index < -0.39 is 0 Å². The lowest BCUT2D eigenvalue weighted by atomic mass is 9.99. The van der Waals surface area contributed by atoms with Gasteiger partial charge in [-0.1, -0.05) is 66.2 Å². The van der Waals surface area contributed by atoms with Gasteiger partial charge in [-0.25, -0.2) is 0 Å². The molecular formula is C23H19ClN2O2. The number of rotatable bonds is 7. The van der Waals surface area contributed by atoms with E-state index in [2.05, 4.69) is 11.4 Å². The Kier molecular flexibility index (Phi) is 6.67. The smallest absolute Gasteiger partial charge is 0.258 e. The van der Waals surface area contributed by atoms with Crippen molar-refractivity contribution in [1.82, 2.24) is 5.32 Å². The van der Waals surface area contributed by atoms with Crippen LogP contribution in [-0.2, 0) is 11.2 Å². The Labute approximate surface area is 169 Å². The molecule has 4 nitrogen and oxygen atoms in total. The van der Waals surface area contributed by atoms with Gasteiger partial charge in [-0.3, -0.25) is 4.79 Å². The Morgan fingerprint density at radius 2 is 1.61 bits per heavy atom. The van der Waals surface area contributed by atoms with Gasteiger partial charge in [0.2, 0.25) is 0 Å². The SMILES string of the molecule is N#CCc1ccc(OCC(=O)NC(c2ccccc2)c2ccc(Cl)cc2)cc1. The lowest BCUT2D eigenvalue weighted by Crippen LogP contribution is -2.33. The molecule has 0 spiro atoms. The first kappa shape index (κ1) is 19.5. The molecule has 3 rings (SSSR count). The van der Waals surface area contributed by atoms with Crippen LogP contribution in [0, 0.1) is 11.3 Å². The van der Waals surface area contributed by atoms with E-state index in [0.29, 0.717) is 17.2 Å². The maximum absolute atomic E-state index is 12.5. The van der Waals surface area contributed by atoms with Crippen molar-refractivity contribution in [1.29, 1.82) is 5.26 Å². The summed E-state index contributed by atoms with van der Waals surface area (Å²) in [7, 11) is 0. The van der Waals surface area contributed by atoms with Gasteiger partial charge in [0.15, 0.2) is 6.61 Å². The van der Waals surface area contributed by atoms with E-state index in [1.54, 1.807) is 24.3 Å². The summed E-state index contributed by atoms with van der Waals surface area (Å²) < 4.78 is 5.58. The minimum Gasteiger partial charge on any atom is -0.484 e. The normalized spacial score (nSPS) is 11.3. The molecule has 1 atom stereocenters. The molecule has 0 bridgehead atoms. The van der Waals surface area contributed by atoms with E-state index in [4.69, 9.17) is 21.6 Å². The summed E-state index contributed by atoms with van der Waals surface area (Å²) in [5.41, 5.74) is 2.81. The van der Waals surface area contributed by atoms with Gasteiger partial charge >= 0.3 is 0 Å². The molecule has 0 aliphatic carbocycles. The topological polar surface area (TPSA) is 62.1 Å². The molecule has 1 N–H and O–H groups in total. The zero-order valence-corrected chi connectivity index (χ0v) is 15.9. The fourth-order valence-corrected chi connectivity index (χ4v) is 2.93. The van der Waals surface area contributed by atoms with Crippen LogP contribution in [0.25, 0.3) is 0 Å². The standard InChI is InChI=1S/C23H19ClN2O2/c24-20-10-8-19(9-11-20)23(18-4-2-1-3-5-18)26-22(27)16-28-21-12-6-17(7-13-21)14-15-25/h1-13,23H,14,16H2,(H,26,27). The van der Waals surface area contributed by atoms with Gasteiger partial charge in [0, 0.05) is 5.02 Å². The molecule has 28 heavy (non-hydrogen) atoms. The first-order valence-electron chi connectivity index (χ1n) is 8.84. The van der Waals surface area contributed by atoms with Gasteiger partial charge in [-0.15, -0.1) is 0 Å². The lowest BCUT2D eigenvalue weighted by Gasteiger charge is -2.20. The van der Waals surface area contributed by atoms with Gasteiger partial charge in [0.1, 0.15) is 5.75 Å². The number of nitrogens with zero attached hydrogens (tertiary/aromatic N) is 1. The number of nitriles is 1. The number of hydrogen-bond acceptors (Lipinski definition) is 3. The Balaban J connectivity index is 1.67. The van der Waals surface area contributed by atoms with Crippen LogP contribution in [0.4, 0.5) is 0 Å². The highest BCUT2D eigenvalue weighted by Gasteiger charge is 2.17. The fourth-order valence-electron chi connectivity index (χ4n) is 2.81. The van der Waals surface area contributed by atoms with Crippen molar-refractivity contribution in [2.24, 2.45) is 0 Å². The third-order valence-corrected chi connectivity index (χ3v) is 4.47. The van der Waals surface area contributed by atoms with E-state index in [1.165, 1.54) is 0 Å². The molecule has 0 radical (unpaired) electrons. The average molecular weight is 391 g/mol. The molecule has 0 saturated carbocycles. The Hall–Kier alpha value is -3.29. The van der Waals surface area contributed by atoms with Gasteiger partial charge in [-0.05, 0) is 41.0 Å². The molecule has 0 aromatic heterocycles. The molecule has 140 valence electrons. The number of ether oxygens (including phenoxy) is 1. The van der Waals surface area contributed by atoms with E-state index in [0.717, 1.165) is 16.7 Å². The number of nitrogens with one attached hydrogen (secondary N) is 1. The summed E-state index contributed by atoms with van der Waals surface area (Å²) in [6.07, 6.45) is 0.348. The van der Waals surface area contributed by atoms with Crippen LogP contribution in [0.3, 0.4) is 0 Å². The Bertz CT molecular complexity index is 949. The van der Waals surface area contributed by atoms with Crippen LogP contribution in [0.5, 0.6) is 5.75 Å². The number of carbonyl (C=O) groups excluding carboxylic acids is 1. The molecule has 0 saturated heterocycles. The second-order valence-corrected chi connectivity index (χ2v) is 6.67. The number of benzene rings is 3. The third kappa shape index (κ3) is 5.35. The van der Waals surface area contributed by atoms with Crippen molar-refractivity contribution < 1.29 is 9.53 Å². The lowest BCUT2D eigenvalue weighted by molar-refractivity contribution is -0.123. The molecule has 3 aromatic rings. The van der Waals surface area contributed by atoms with Crippen molar-refractivity contribution >= 4 is 17.5 Å². The van der Waals surface area contributed by atoms with Crippen molar-refractivity contribution in [3.05, 3.63) is 101 Å². The van der Waals surface area contributed by atoms with Crippen LogP contribution < -0.4 is 10.1 Å². The van der Waals surface area contributed by atoms with E-state index in [9.17, 15) is 4.79 Å². The van der Waals surface area contributed by atoms with Crippen molar-refractivity contribution in [3.63, 3.8) is 0 Å². The van der Waals surface area contributed by atoms with Crippen molar-refractivity contribution in [3.8, 4) is 11.8 Å². The quantitative estimate of drug-likeness (QED) is 0.636. The second kappa shape index (κ2) is 9.59. The minimum atomic E-state index is -0.299. The Morgan fingerprint density at radius 1 is 0.964 bits per heavy atom. The summed E-state index contributed by atoms with van der Waals surface area (Å²) in [6, 6.07) is 26.1. The predicted molar refractivity (Wildman–Crippen MR) is 109 cm³/mol. The average Bonchev–Trinajstić information content (AvgIpc) is 2.73. The summed E-state index contributed by atoms with van der Waals surface area (Å²) >= 11 is 5.99. The maximum Gasteiger partial charge on any atom is 0.258 e. The molecule has 3 aromatic carbocycles. The number of halogens is 1. The third-order valence-electron chi connectivity index (χ3n) is 4.22. The summed E-state index contributed by atoms with van der Waals surface area (Å²) in [4.78, 5) is 12.5. The second-order valence-electron chi connectivity index (χ2n) is 6.23. The molecule has 0 aliphatic heterocycles. The number of amides is 1. The van der Waals surface area contributed by atoms with Crippen molar-refractivity contribution in [2.45, 2.75) is 12.5 Å². The zero-order valence-electron chi connectivity index (χ0n) is 15.1. The number of carbonyl (C=O) groups is 1. The number of hydrogen-bond donors (Lipinski definition) is 1. The molecule has 0 heterocycles. The predicted octanol–water partition coefficient (Wildman–Crippen LogP) is 4.69. The van der Waals surface area contributed by atoms with Crippen LogP contribution in [0.15, 0.2) is 78.9 Å². The molecule has 1 amide bonds. The zero-order chi connectivity index (χ0) is 19.8. The first-order chi connectivity index (χ1) is 13.7. The van der Waals surface area contributed by atoms with Crippen LogP contribution in [0.1, 0.15) is 22.7 Å². The summed E-state index contributed by atoms with van der Waals surface area (Å²) in [5.74, 6) is 0.351. The first-order valence-corrected chi connectivity index (χ1v) is 9.22. The van der Waals surface area contributed by atoms with E-state index >= 15 is 0 Å². The largest absolute Gasteiger partial charge is 0.484 e.